The number of ether oxygens (including phenoxy) is 6. The third-order valence-electron chi connectivity index (χ3n) is 22.1. The second-order valence-electron chi connectivity index (χ2n) is 29.7. The molecule has 12 aliphatic rings. The predicted molar refractivity (Wildman–Crippen MR) is 349 cm³/mol. The minimum Gasteiger partial charge on any atom is -0.459 e. The average molecular weight is 1230 g/mol. The first-order valence-corrected chi connectivity index (χ1v) is 30.9. The molecule has 1 saturated heterocycles. The molecule has 0 aromatic rings. The zero-order valence-corrected chi connectivity index (χ0v) is 50.9. The molecule has 0 aromatic carbocycles. The van der Waals surface area contributed by atoms with Crippen molar-refractivity contribution >= 4 is 35.8 Å². The Bertz CT molecular complexity index is 2150. The highest BCUT2D eigenvalue weighted by Gasteiger charge is 2.66. The van der Waals surface area contributed by atoms with Crippen LogP contribution in [0.25, 0.3) is 0 Å². The van der Waals surface area contributed by atoms with Crippen molar-refractivity contribution in [2.45, 2.75) is 345 Å². The smallest absolute Gasteiger partial charge is 0.344 e. The van der Waals surface area contributed by atoms with E-state index in [0.717, 1.165) is 82.5 Å². The van der Waals surface area contributed by atoms with Crippen molar-refractivity contribution in [3.63, 3.8) is 0 Å². The fourth-order valence-corrected chi connectivity index (χ4v) is 16.2. The quantitative estimate of drug-likeness (QED) is 0.109. The number of carbonyl (C=O) groups excluding carboxylic acids is 6. The van der Waals surface area contributed by atoms with Crippen LogP contribution >= 0.6 is 0 Å². The van der Waals surface area contributed by atoms with Gasteiger partial charge in [-0.25, -0.2) is 4.79 Å². The Morgan fingerprint density at radius 3 is 1.41 bits per heavy atom. The lowest BCUT2D eigenvalue weighted by Gasteiger charge is -2.62. The van der Waals surface area contributed by atoms with E-state index in [1.165, 1.54) is 44.9 Å². The van der Waals surface area contributed by atoms with Crippen LogP contribution in [0.15, 0.2) is 0 Å². The van der Waals surface area contributed by atoms with Gasteiger partial charge in [-0.05, 0) is 213 Å². The fraction of sp³-hybridized carbons (Fsp3) is 0.917. The highest BCUT2D eigenvalue weighted by molar-refractivity contribution is 5.81. The maximum absolute atomic E-state index is 12.8. The molecule has 508 valence electrons. The van der Waals surface area contributed by atoms with Crippen molar-refractivity contribution < 1.29 is 67.4 Å². The maximum Gasteiger partial charge on any atom is 0.344 e. The molecule has 7 atom stereocenters. The van der Waals surface area contributed by atoms with Crippen molar-refractivity contribution in [1.82, 2.24) is 0 Å². The predicted octanol–water partition coefficient (Wildman–Crippen LogP) is 17.2. The van der Waals surface area contributed by atoms with Crippen LogP contribution in [0, 0.1) is 74.9 Å². The van der Waals surface area contributed by atoms with Gasteiger partial charge in [-0.15, -0.1) is 0 Å². The first kappa shape index (κ1) is 84.8. The topological polar surface area (TPSA) is 198 Å². The van der Waals surface area contributed by atoms with Crippen LogP contribution in [0.1, 0.15) is 305 Å². The number of hydrogen-bond donors (Lipinski definition) is 2. The summed E-state index contributed by atoms with van der Waals surface area (Å²) in [4.78, 5) is 72.6. The summed E-state index contributed by atoms with van der Waals surface area (Å²) in [5, 5.41) is 21.3. The molecule has 1 heterocycles. The van der Waals surface area contributed by atoms with Gasteiger partial charge in [0.1, 0.15) is 29.0 Å². The van der Waals surface area contributed by atoms with Gasteiger partial charge in [0.05, 0.1) is 38.8 Å². The fourth-order valence-electron chi connectivity index (χ4n) is 16.2. The third-order valence-corrected chi connectivity index (χ3v) is 22.1. The van der Waals surface area contributed by atoms with E-state index in [1.54, 1.807) is 13.8 Å². The molecule has 12 rings (SSSR count). The Balaban J connectivity index is 0. The molecule has 0 spiro atoms. The molecule has 14 nitrogen and oxygen atoms in total. The van der Waals surface area contributed by atoms with E-state index in [2.05, 4.69) is 27.7 Å². The molecule has 7 unspecified atom stereocenters. The second kappa shape index (κ2) is 31.2. The van der Waals surface area contributed by atoms with E-state index >= 15 is 0 Å². The monoisotopic (exact) mass is 1220 g/mol. The average Bonchev–Trinajstić information content (AvgIpc) is 0.947. The summed E-state index contributed by atoms with van der Waals surface area (Å²) in [5.41, 5.74) is -4.43. The number of aliphatic hydroxyl groups is 2. The van der Waals surface area contributed by atoms with Gasteiger partial charge in [0, 0.05) is 31.1 Å². The van der Waals surface area contributed by atoms with Crippen molar-refractivity contribution in [3.05, 3.63) is 0 Å². The highest BCUT2D eigenvalue weighted by Crippen LogP contribution is 2.63. The van der Waals surface area contributed by atoms with Crippen molar-refractivity contribution in [3.8, 4) is 0 Å². The van der Waals surface area contributed by atoms with Crippen molar-refractivity contribution in [2.75, 3.05) is 6.61 Å². The Hall–Kier alpha value is -3.26. The first-order valence-electron chi connectivity index (χ1n) is 30.9. The Morgan fingerprint density at radius 2 is 0.988 bits per heavy atom. The summed E-state index contributed by atoms with van der Waals surface area (Å²) in [6, 6.07) is 0. The molecule has 10 bridgehead atoms. The van der Waals surface area contributed by atoms with Gasteiger partial charge >= 0.3 is 35.8 Å². The maximum atomic E-state index is 12.8. The largest absolute Gasteiger partial charge is 0.459 e. The Morgan fingerprint density at radius 1 is 0.558 bits per heavy atom. The molecular formula is C72H136O14. The Kier molecular flexibility index (Phi) is 30.7. The van der Waals surface area contributed by atoms with Gasteiger partial charge in [0.25, 0.3) is 0 Å². The van der Waals surface area contributed by atoms with E-state index in [1.807, 2.05) is 62.3 Å². The van der Waals surface area contributed by atoms with Crippen LogP contribution in [-0.2, 0) is 57.2 Å². The van der Waals surface area contributed by atoms with Crippen molar-refractivity contribution in [2.24, 2.45) is 74.9 Å². The lowest BCUT2D eigenvalue weighted by atomic mass is 9.47. The third kappa shape index (κ3) is 17.4. The Labute approximate surface area is 527 Å². The summed E-state index contributed by atoms with van der Waals surface area (Å²) >= 11 is 0. The van der Waals surface area contributed by atoms with Crippen LogP contribution in [0.5, 0.6) is 0 Å². The summed E-state index contributed by atoms with van der Waals surface area (Å²) in [6.45, 7) is 29.6. The van der Waals surface area contributed by atoms with Gasteiger partial charge in [0.15, 0.2) is 6.61 Å². The molecule has 1 aliphatic heterocycles. The van der Waals surface area contributed by atoms with Gasteiger partial charge in [-0.3, -0.25) is 24.0 Å². The van der Waals surface area contributed by atoms with E-state index < -0.39 is 39.6 Å². The van der Waals surface area contributed by atoms with Crippen LogP contribution in [0.3, 0.4) is 0 Å². The highest BCUT2D eigenvalue weighted by atomic mass is 16.6. The molecule has 12 fully saturated rings. The molecule has 86 heavy (non-hydrogen) atoms. The van der Waals surface area contributed by atoms with Gasteiger partial charge in [0.2, 0.25) is 0 Å². The summed E-state index contributed by atoms with van der Waals surface area (Å²) in [7, 11) is 0. The van der Waals surface area contributed by atoms with Gasteiger partial charge in [-0.1, -0.05) is 108 Å². The molecule has 0 amide bonds. The zero-order chi connectivity index (χ0) is 57.8. The molecule has 0 radical (unpaired) electrons. The summed E-state index contributed by atoms with van der Waals surface area (Å²) in [6.07, 6.45) is 19.8. The van der Waals surface area contributed by atoms with Crippen LogP contribution in [0.2, 0.25) is 0 Å². The molecular weight excluding hydrogens is 1090 g/mol. The van der Waals surface area contributed by atoms with Gasteiger partial charge in [-0.2, -0.15) is 0 Å². The van der Waals surface area contributed by atoms with Crippen LogP contribution in [0.4, 0.5) is 0 Å². The standard InChI is InChI=1S/C19H32O2.C16H22O6.C16H26O4.C13H24O2.8CH4/c1-6-18(4,5)17(20)21-19(12(2)3)15-8-13-7-14(10-15)11-16(19)9-13;1-4-16(2,3)15(19)20-7-11(17)21-12-8-5-9-10(6-8)14(18)22-13(9)12;1-4-13(2,3)12(17)20-16-7-11-5-14(18,9-16)8-15(19,6-11)10-16;1-5-12(3,4)11(14)15-13(6-2)9-7-8-10-13;;;;;;;;/h12-16H,6-11H2,1-5H3;8-10,12-13H,4-7H2,1-3H3;11,18-19H,4-10H2,1-3H3;5-10H2,1-4H3;8*1H4. The lowest BCUT2D eigenvalue weighted by Crippen LogP contribution is -2.67. The van der Waals surface area contributed by atoms with E-state index in [0.29, 0.717) is 43.4 Å². The number of carbonyl (C=O) groups is 6. The summed E-state index contributed by atoms with van der Waals surface area (Å²) in [5.74, 6) is 2.82. The van der Waals surface area contributed by atoms with E-state index in [4.69, 9.17) is 28.4 Å². The van der Waals surface area contributed by atoms with Crippen LogP contribution < -0.4 is 0 Å². The molecule has 14 heteroatoms. The summed E-state index contributed by atoms with van der Waals surface area (Å²) < 4.78 is 33.8. The minimum absolute atomic E-state index is 0. The SMILES string of the molecule is C.C.C.C.C.C.C.C.CCC(C)(C)C(=O)OC1(C(C)C)C2CC3CC(C2)CC1C3.CCC(C)(C)C(=O)OC12CC3CC(O)(CC(O)(C3)C1)C2.CCC(C)(C)C(=O)OCC(=O)OC1C2CC3C(=O)OC1C3C2.CCC1(OC(=O)C(C)(C)CC)CCCC1. The van der Waals surface area contributed by atoms with Gasteiger partial charge < -0.3 is 38.6 Å². The first-order chi connectivity index (χ1) is 36.2. The lowest BCUT2D eigenvalue weighted by molar-refractivity contribution is -0.264. The molecule has 0 aromatic heterocycles. The van der Waals surface area contributed by atoms with E-state index in [-0.39, 0.29) is 148 Å². The van der Waals surface area contributed by atoms with Crippen LogP contribution in [-0.4, -0.2) is 92.8 Å². The number of hydrogen-bond acceptors (Lipinski definition) is 14. The normalized spacial score (nSPS) is 33.6. The number of fused-ring (bicyclic) bond motifs is 1. The molecule has 2 N–H and O–H groups in total. The van der Waals surface area contributed by atoms with Crippen molar-refractivity contribution in [1.29, 1.82) is 0 Å². The second-order valence-corrected chi connectivity index (χ2v) is 29.7. The number of esters is 6. The number of rotatable bonds is 16. The minimum atomic E-state index is -0.842. The molecule has 11 saturated carbocycles. The van der Waals surface area contributed by atoms with E-state index in [9.17, 15) is 39.0 Å². The molecule has 11 aliphatic carbocycles. The zero-order valence-electron chi connectivity index (χ0n) is 50.9.